The van der Waals surface area contributed by atoms with Gasteiger partial charge in [0.25, 0.3) is 0 Å². The first-order valence-electron chi connectivity index (χ1n) is 5.65. The molecule has 0 amide bonds. The second-order valence-corrected chi connectivity index (χ2v) is 4.22. The maximum absolute atomic E-state index is 5.97. The number of rotatable bonds is 4. The molecule has 0 aliphatic heterocycles. The zero-order valence-electron chi connectivity index (χ0n) is 10.2. The quantitative estimate of drug-likeness (QED) is 0.820. The van der Waals surface area contributed by atoms with E-state index in [0.717, 1.165) is 6.42 Å². The largest absolute Gasteiger partial charge is 0.372 e. The summed E-state index contributed by atoms with van der Waals surface area (Å²) in [6.07, 6.45) is 1.14. The summed E-state index contributed by atoms with van der Waals surface area (Å²) in [6.45, 7) is 6.47. The summed E-state index contributed by atoms with van der Waals surface area (Å²) in [7, 11) is 2.13. The molecule has 0 aromatic heterocycles. The van der Waals surface area contributed by atoms with Crippen LogP contribution in [0.15, 0.2) is 24.3 Å². The highest BCUT2D eigenvalue weighted by molar-refractivity contribution is 5.54. The minimum absolute atomic E-state index is 0.0905. The molecule has 2 atom stereocenters. The molecule has 0 fully saturated rings. The molecule has 1 aromatic carbocycles. The Bertz CT molecular complexity index is 307. The predicted octanol–water partition coefficient (Wildman–Crippen LogP) is 2.94. The lowest BCUT2D eigenvalue weighted by atomic mass is 10.0. The SMILES string of the molecule is CCC(C)N(C)c1ccccc1[C@@H](C)N. The highest BCUT2D eigenvalue weighted by atomic mass is 15.1. The number of anilines is 1. The molecule has 1 aromatic rings. The molecule has 0 aliphatic rings. The Labute approximate surface area is 93.1 Å². The van der Waals surface area contributed by atoms with Gasteiger partial charge in [-0.3, -0.25) is 0 Å². The highest BCUT2D eigenvalue weighted by Gasteiger charge is 2.13. The summed E-state index contributed by atoms with van der Waals surface area (Å²) in [6, 6.07) is 9.01. The Balaban J connectivity index is 3.02. The zero-order valence-corrected chi connectivity index (χ0v) is 10.2. The van der Waals surface area contributed by atoms with Crippen molar-refractivity contribution in [1.29, 1.82) is 0 Å². The third kappa shape index (κ3) is 2.72. The number of para-hydroxylation sites is 1. The van der Waals surface area contributed by atoms with Crippen LogP contribution in [-0.2, 0) is 0 Å². The fourth-order valence-electron chi connectivity index (χ4n) is 1.71. The Morgan fingerprint density at radius 2 is 1.87 bits per heavy atom. The fraction of sp³-hybridized carbons (Fsp3) is 0.538. The van der Waals surface area contributed by atoms with Gasteiger partial charge in [-0.2, -0.15) is 0 Å². The summed E-state index contributed by atoms with van der Waals surface area (Å²) in [4.78, 5) is 2.30. The van der Waals surface area contributed by atoms with Crippen LogP contribution in [0.2, 0.25) is 0 Å². The van der Waals surface area contributed by atoms with Crippen molar-refractivity contribution in [2.75, 3.05) is 11.9 Å². The van der Waals surface area contributed by atoms with Crippen molar-refractivity contribution in [3.05, 3.63) is 29.8 Å². The Morgan fingerprint density at radius 3 is 2.40 bits per heavy atom. The first-order valence-corrected chi connectivity index (χ1v) is 5.65. The molecule has 0 radical (unpaired) electrons. The molecule has 0 saturated heterocycles. The summed E-state index contributed by atoms with van der Waals surface area (Å²) >= 11 is 0. The lowest BCUT2D eigenvalue weighted by Gasteiger charge is -2.29. The summed E-state index contributed by atoms with van der Waals surface area (Å²) in [5, 5.41) is 0. The van der Waals surface area contributed by atoms with Gasteiger partial charge in [-0.05, 0) is 31.9 Å². The van der Waals surface area contributed by atoms with Gasteiger partial charge >= 0.3 is 0 Å². The number of nitrogens with zero attached hydrogens (tertiary/aromatic N) is 1. The summed E-state index contributed by atoms with van der Waals surface area (Å²) in [5.74, 6) is 0. The first kappa shape index (κ1) is 12.1. The smallest absolute Gasteiger partial charge is 0.0414 e. The van der Waals surface area contributed by atoms with Crippen LogP contribution < -0.4 is 10.6 Å². The fourth-order valence-corrected chi connectivity index (χ4v) is 1.71. The molecule has 0 bridgehead atoms. The van der Waals surface area contributed by atoms with Gasteiger partial charge in [-0.15, -0.1) is 0 Å². The molecule has 2 heteroatoms. The Hall–Kier alpha value is -1.02. The molecule has 0 heterocycles. The van der Waals surface area contributed by atoms with E-state index >= 15 is 0 Å². The summed E-state index contributed by atoms with van der Waals surface area (Å²) in [5.41, 5.74) is 8.44. The molecule has 1 rings (SSSR count). The van der Waals surface area contributed by atoms with E-state index in [1.54, 1.807) is 0 Å². The number of nitrogens with two attached hydrogens (primary N) is 1. The van der Waals surface area contributed by atoms with Gasteiger partial charge < -0.3 is 10.6 Å². The molecule has 84 valence electrons. The van der Waals surface area contributed by atoms with Crippen LogP contribution in [0, 0.1) is 0 Å². The van der Waals surface area contributed by atoms with Gasteiger partial charge in [0.1, 0.15) is 0 Å². The van der Waals surface area contributed by atoms with E-state index in [0.29, 0.717) is 6.04 Å². The van der Waals surface area contributed by atoms with E-state index in [1.807, 2.05) is 13.0 Å². The average molecular weight is 206 g/mol. The zero-order chi connectivity index (χ0) is 11.4. The van der Waals surface area contributed by atoms with E-state index < -0.39 is 0 Å². The van der Waals surface area contributed by atoms with Gasteiger partial charge in [0.15, 0.2) is 0 Å². The third-order valence-corrected chi connectivity index (χ3v) is 3.06. The van der Waals surface area contributed by atoms with Crippen LogP contribution in [0.1, 0.15) is 38.8 Å². The van der Waals surface area contributed by atoms with Crippen LogP contribution >= 0.6 is 0 Å². The number of hydrogen-bond donors (Lipinski definition) is 1. The van der Waals surface area contributed by atoms with Crippen molar-refractivity contribution >= 4 is 5.69 Å². The van der Waals surface area contributed by atoms with E-state index in [2.05, 4.69) is 44.0 Å². The Morgan fingerprint density at radius 1 is 1.27 bits per heavy atom. The molecule has 0 spiro atoms. The van der Waals surface area contributed by atoms with Crippen molar-refractivity contribution in [1.82, 2.24) is 0 Å². The lowest BCUT2D eigenvalue weighted by molar-refractivity contribution is 0.657. The number of benzene rings is 1. The molecule has 1 unspecified atom stereocenters. The topological polar surface area (TPSA) is 29.3 Å². The van der Waals surface area contributed by atoms with E-state index in [4.69, 9.17) is 5.73 Å². The van der Waals surface area contributed by atoms with Crippen molar-refractivity contribution in [3.8, 4) is 0 Å². The minimum Gasteiger partial charge on any atom is -0.372 e. The van der Waals surface area contributed by atoms with Crippen molar-refractivity contribution in [2.24, 2.45) is 5.73 Å². The van der Waals surface area contributed by atoms with Gasteiger partial charge in [0.05, 0.1) is 0 Å². The van der Waals surface area contributed by atoms with Crippen molar-refractivity contribution in [3.63, 3.8) is 0 Å². The molecule has 0 aliphatic carbocycles. The van der Waals surface area contributed by atoms with Crippen LogP contribution in [0.3, 0.4) is 0 Å². The van der Waals surface area contributed by atoms with E-state index in [1.165, 1.54) is 11.3 Å². The second kappa shape index (κ2) is 5.17. The second-order valence-electron chi connectivity index (χ2n) is 4.22. The average Bonchev–Trinajstić information content (AvgIpc) is 2.27. The lowest BCUT2D eigenvalue weighted by Crippen LogP contribution is -2.29. The molecule has 0 saturated carbocycles. The highest BCUT2D eigenvalue weighted by Crippen LogP contribution is 2.25. The van der Waals surface area contributed by atoms with Gasteiger partial charge in [0.2, 0.25) is 0 Å². The Kier molecular flexibility index (Phi) is 4.15. The molecule has 2 nitrogen and oxygen atoms in total. The van der Waals surface area contributed by atoms with Crippen molar-refractivity contribution < 1.29 is 0 Å². The maximum atomic E-state index is 5.97. The van der Waals surface area contributed by atoms with E-state index in [9.17, 15) is 0 Å². The summed E-state index contributed by atoms with van der Waals surface area (Å²) < 4.78 is 0. The van der Waals surface area contributed by atoms with Gasteiger partial charge in [0, 0.05) is 24.8 Å². The third-order valence-electron chi connectivity index (χ3n) is 3.06. The van der Waals surface area contributed by atoms with Gasteiger partial charge in [-0.1, -0.05) is 25.1 Å². The molecular weight excluding hydrogens is 184 g/mol. The standard InChI is InChI=1S/C13H22N2/c1-5-10(2)15(4)13-9-7-6-8-12(13)11(3)14/h6-11H,5,14H2,1-4H3/t10?,11-/m1/s1. The van der Waals surface area contributed by atoms with Gasteiger partial charge in [-0.25, -0.2) is 0 Å². The monoisotopic (exact) mass is 206 g/mol. The minimum atomic E-state index is 0.0905. The molecule has 15 heavy (non-hydrogen) atoms. The van der Waals surface area contributed by atoms with Crippen LogP contribution in [-0.4, -0.2) is 13.1 Å². The first-order chi connectivity index (χ1) is 7.07. The molecule has 2 N–H and O–H groups in total. The van der Waals surface area contributed by atoms with Crippen molar-refractivity contribution in [2.45, 2.75) is 39.3 Å². The van der Waals surface area contributed by atoms with Crippen LogP contribution in [0.5, 0.6) is 0 Å². The maximum Gasteiger partial charge on any atom is 0.0414 e. The van der Waals surface area contributed by atoms with Crippen LogP contribution in [0.25, 0.3) is 0 Å². The number of hydrogen-bond acceptors (Lipinski definition) is 2. The normalized spacial score (nSPS) is 14.7. The predicted molar refractivity (Wildman–Crippen MR) is 67.2 cm³/mol. The van der Waals surface area contributed by atoms with Crippen LogP contribution in [0.4, 0.5) is 5.69 Å². The molecular formula is C13H22N2. The van der Waals surface area contributed by atoms with E-state index in [-0.39, 0.29) is 6.04 Å².